The number of carbonyl (C=O) groups is 1. The first-order valence-corrected chi connectivity index (χ1v) is 11.1. The Morgan fingerprint density at radius 1 is 0.912 bits per heavy atom. The molecule has 3 aromatic carbocycles. The van der Waals surface area contributed by atoms with Crippen molar-refractivity contribution in [2.75, 3.05) is 4.90 Å². The zero-order valence-electron chi connectivity index (χ0n) is 18.1. The van der Waals surface area contributed by atoms with E-state index >= 15 is 0 Å². The lowest BCUT2D eigenvalue weighted by molar-refractivity contribution is -0.118. The number of hydrogen-bond donors (Lipinski definition) is 1. The van der Waals surface area contributed by atoms with Crippen LogP contribution < -0.4 is 4.90 Å². The van der Waals surface area contributed by atoms with E-state index in [0.29, 0.717) is 11.3 Å². The third-order valence-corrected chi connectivity index (χ3v) is 6.03. The fraction of sp³-hybridized carbons (Fsp3) is 0.0741. The predicted molar refractivity (Wildman–Crippen MR) is 132 cm³/mol. The molecule has 0 saturated heterocycles. The van der Waals surface area contributed by atoms with Crippen molar-refractivity contribution >= 4 is 34.0 Å². The second-order valence-corrected chi connectivity index (χ2v) is 8.31. The molecule has 5 nitrogen and oxygen atoms in total. The van der Waals surface area contributed by atoms with Crippen LogP contribution in [0.2, 0.25) is 5.02 Å². The Kier molecular flexibility index (Phi) is 6.06. The van der Waals surface area contributed by atoms with Gasteiger partial charge in [-0.2, -0.15) is 0 Å². The van der Waals surface area contributed by atoms with Gasteiger partial charge in [-0.3, -0.25) is 9.78 Å². The molecule has 0 saturated carbocycles. The number of aromatic amines is 1. The van der Waals surface area contributed by atoms with Gasteiger partial charge < -0.3 is 9.88 Å². The molecule has 1 N–H and O–H groups in total. The Morgan fingerprint density at radius 3 is 2.53 bits per heavy atom. The molecule has 0 aliphatic rings. The predicted octanol–water partition coefficient (Wildman–Crippen LogP) is 6.19. The molecule has 1 amide bonds. The number of pyridine rings is 1. The Bertz CT molecular complexity index is 1450. The highest BCUT2D eigenvalue weighted by Crippen LogP contribution is 2.27. The zero-order valence-corrected chi connectivity index (χ0v) is 18.8. The molecule has 5 rings (SSSR count). The summed E-state index contributed by atoms with van der Waals surface area (Å²) in [5.74, 6) is -0.699. The summed E-state index contributed by atoms with van der Waals surface area (Å²) in [4.78, 5) is 26.6. The van der Waals surface area contributed by atoms with E-state index in [4.69, 9.17) is 11.6 Å². The molecular formula is C27H20ClFN4O. The van der Waals surface area contributed by atoms with Gasteiger partial charge in [-0.1, -0.05) is 60.1 Å². The van der Waals surface area contributed by atoms with E-state index in [1.54, 1.807) is 42.0 Å². The van der Waals surface area contributed by atoms with Crippen molar-refractivity contribution in [3.05, 3.63) is 114 Å². The highest BCUT2D eigenvalue weighted by atomic mass is 35.5. The van der Waals surface area contributed by atoms with Crippen molar-refractivity contribution < 1.29 is 9.18 Å². The molecule has 0 spiro atoms. The monoisotopic (exact) mass is 470 g/mol. The highest BCUT2D eigenvalue weighted by molar-refractivity contribution is 6.30. The van der Waals surface area contributed by atoms with Gasteiger partial charge in [0.25, 0.3) is 0 Å². The number of anilines is 1. The maximum Gasteiger partial charge on any atom is 0.231 e. The number of benzene rings is 3. The van der Waals surface area contributed by atoms with Crippen LogP contribution in [0.1, 0.15) is 11.1 Å². The number of imidazole rings is 1. The minimum Gasteiger partial charge on any atom is -0.345 e. The number of carbonyl (C=O) groups excluding carboxylic acids is 1. The Morgan fingerprint density at radius 2 is 1.74 bits per heavy atom. The Balaban J connectivity index is 1.50. The molecule has 5 aromatic rings. The molecule has 0 radical (unpaired) electrons. The largest absolute Gasteiger partial charge is 0.345 e. The average Bonchev–Trinajstić information content (AvgIpc) is 3.40. The number of aromatic nitrogens is 3. The fourth-order valence-electron chi connectivity index (χ4n) is 3.98. The van der Waals surface area contributed by atoms with Gasteiger partial charge in [-0.25, -0.2) is 9.37 Å². The highest BCUT2D eigenvalue weighted by Gasteiger charge is 2.20. The molecule has 0 aliphatic heterocycles. The minimum absolute atomic E-state index is 0.0257. The van der Waals surface area contributed by atoms with Crippen LogP contribution in [0.5, 0.6) is 0 Å². The normalized spacial score (nSPS) is 11.0. The van der Waals surface area contributed by atoms with Crippen LogP contribution in [0.4, 0.5) is 10.1 Å². The quantitative estimate of drug-likeness (QED) is 0.321. The molecule has 7 heteroatoms. The number of fused-ring (bicyclic) bond motifs is 1. The standard InChI is InChI=1S/C27H20ClFN4O/c28-24-7-3-5-20(27(24)29)16-33(22-10-8-18(9-11-22)25-15-31-17-32-25)26(34)12-21-14-30-13-19-4-1-2-6-23(19)21/h1-11,13-15,17H,12,16H2,(H,31,32). The van der Waals surface area contributed by atoms with E-state index < -0.39 is 5.82 Å². The lowest BCUT2D eigenvalue weighted by Crippen LogP contribution is -2.32. The molecule has 2 heterocycles. The second kappa shape index (κ2) is 9.45. The third kappa shape index (κ3) is 4.40. The van der Waals surface area contributed by atoms with E-state index in [-0.39, 0.29) is 23.9 Å². The Labute approximate surface area is 200 Å². The molecule has 0 atom stereocenters. The number of nitrogens with one attached hydrogen (secondary N) is 1. The van der Waals surface area contributed by atoms with Crippen LogP contribution in [-0.4, -0.2) is 20.9 Å². The molecule has 34 heavy (non-hydrogen) atoms. The van der Waals surface area contributed by atoms with Crippen LogP contribution in [-0.2, 0) is 17.8 Å². The summed E-state index contributed by atoms with van der Waals surface area (Å²) in [5, 5.41) is 1.95. The van der Waals surface area contributed by atoms with E-state index in [9.17, 15) is 9.18 Å². The molecule has 2 aromatic heterocycles. The molecule has 0 bridgehead atoms. The van der Waals surface area contributed by atoms with E-state index in [1.807, 2.05) is 48.5 Å². The van der Waals surface area contributed by atoms with Gasteiger partial charge in [-0.15, -0.1) is 0 Å². The summed E-state index contributed by atoms with van der Waals surface area (Å²) in [6.07, 6.45) is 6.95. The number of halogens is 2. The van der Waals surface area contributed by atoms with Crippen molar-refractivity contribution in [3.8, 4) is 11.3 Å². The summed E-state index contributed by atoms with van der Waals surface area (Å²) in [5.41, 5.74) is 3.61. The number of H-pyrrole nitrogens is 1. The SMILES string of the molecule is O=C(Cc1cncc2ccccc12)N(Cc1cccc(Cl)c1F)c1ccc(-c2cnc[nH]2)cc1. The Hall–Kier alpha value is -4.03. The van der Waals surface area contributed by atoms with Gasteiger partial charge in [-0.05, 0) is 34.7 Å². The van der Waals surface area contributed by atoms with Gasteiger partial charge >= 0.3 is 0 Å². The molecular weight excluding hydrogens is 451 g/mol. The summed E-state index contributed by atoms with van der Waals surface area (Å²) in [7, 11) is 0. The topological polar surface area (TPSA) is 61.9 Å². The summed E-state index contributed by atoms with van der Waals surface area (Å²) < 4.78 is 14.7. The first kappa shape index (κ1) is 21.8. The van der Waals surface area contributed by atoms with Crippen molar-refractivity contribution in [2.24, 2.45) is 0 Å². The lowest BCUT2D eigenvalue weighted by atomic mass is 10.0. The maximum atomic E-state index is 14.7. The number of amides is 1. The summed E-state index contributed by atoms with van der Waals surface area (Å²) in [6, 6.07) is 20.1. The van der Waals surface area contributed by atoms with Crippen molar-refractivity contribution in [1.29, 1.82) is 0 Å². The van der Waals surface area contributed by atoms with Crippen LogP contribution in [0, 0.1) is 5.82 Å². The number of hydrogen-bond acceptors (Lipinski definition) is 3. The van der Waals surface area contributed by atoms with Crippen LogP contribution in [0.3, 0.4) is 0 Å². The van der Waals surface area contributed by atoms with Gasteiger partial charge in [0.05, 0.1) is 36.2 Å². The van der Waals surface area contributed by atoms with Gasteiger partial charge in [0.15, 0.2) is 0 Å². The van der Waals surface area contributed by atoms with Gasteiger partial charge in [0.1, 0.15) is 5.82 Å². The van der Waals surface area contributed by atoms with Crippen molar-refractivity contribution in [1.82, 2.24) is 15.0 Å². The smallest absolute Gasteiger partial charge is 0.231 e. The fourth-order valence-corrected chi connectivity index (χ4v) is 4.17. The zero-order chi connectivity index (χ0) is 23.5. The van der Waals surface area contributed by atoms with Crippen molar-refractivity contribution in [2.45, 2.75) is 13.0 Å². The average molecular weight is 471 g/mol. The van der Waals surface area contributed by atoms with E-state index in [0.717, 1.165) is 27.6 Å². The van der Waals surface area contributed by atoms with Crippen molar-refractivity contribution in [3.63, 3.8) is 0 Å². The first-order chi connectivity index (χ1) is 16.6. The number of nitrogens with zero attached hydrogens (tertiary/aromatic N) is 3. The molecule has 0 unspecified atom stereocenters. The molecule has 0 aliphatic carbocycles. The third-order valence-electron chi connectivity index (χ3n) is 5.74. The first-order valence-electron chi connectivity index (χ1n) is 10.7. The lowest BCUT2D eigenvalue weighted by Gasteiger charge is -2.24. The van der Waals surface area contributed by atoms with E-state index in [1.165, 1.54) is 6.07 Å². The summed E-state index contributed by atoms with van der Waals surface area (Å²) in [6.45, 7) is 0.0484. The van der Waals surface area contributed by atoms with Gasteiger partial charge in [0.2, 0.25) is 5.91 Å². The van der Waals surface area contributed by atoms with Crippen LogP contribution >= 0.6 is 11.6 Å². The van der Waals surface area contributed by atoms with Crippen LogP contribution in [0.15, 0.2) is 91.6 Å². The second-order valence-electron chi connectivity index (χ2n) is 7.90. The van der Waals surface area contributed by atoms with Crippen LogP contribution in [0.25, 0.3) is 22.0 Å². The number of rotatable bonds is 6. The maximum absolute atomic E-state index is 14.7. The summed E-state index contributed by atoms with van der Waals surface area (Å²) >= 11 is 6.00. The van der Waals surface area contributed by atoms with E-state index in [2.05, 4.69) is 15.0 Å². The molecule has 0 fully saturated rings. The minimum atomic E-state index is -0.525. The van der Waals surface area contributed by atoms with Gasteiger partial charge in [0, 0.05) is 29.0 Å². The molecule has 168 valence electrons.